The molecule has 0 amide bonds. The van der Waals surface area contributed by atoms with Gasteiger partial charge in [0.25, 0.3) is 0 Å². The van der Waals surface area contributed by atoms with Crippen molar-refractivity contribution in [2.45, 2.75) is 248 Å². The van der Waals surface area contributed by atoms with Crippen LogP contribution >= 0.6 is 0 Å². The van der Waals surface area contributed by atoms with Gasteiger partial charge in [-0.25, -0.2) is 8.42 Å². The van der Waals surface area contributed by atoms with E-state index in [0.29, 0.717) is 38.5 Å². The lowest BCUT2D eigenvalue weighted by atomic mass is 9.71. The first-order valence-corrected chi connectivity index (χ1v) is 35.0. The highest BCUT2D eigenvalue weighted by atomic mass is 32.2. The SMILES string of the molecule is C.C.C.C.C1CC2CC1C1C3CCC(C3)C21.CCC(C)(C)C(=O)OC(C)C(F)(F)S(=O)(=O)[O-].CCC(C)(C)C(=O)OC1C2CC3C(=O)OC1C3O2.CCC(C)(C)C(=O)Oc1ccc(O)cc1.CCOC(=O)C(C)(C)CC.c1ccc([S+](c2ccccc2)c2ccccc2)cc1. The van der Waals surface area contributed by atoms with Crippen molar-refractivity contribution in [2.24, 2.45) is 63.1 Å². The van der Waals surface area contributed by atoms with Gasteiger partial charge in [-0.05, 0) is 236 Å². The van der Waals surface area contributed by atoms with E-state index in [2.05, 4.69) is 95.7 Å². The predicted molar refractivity (Wildman–Crippen MR) is 370 cm³/mol. The molecule has 3 heterocycles. The van der Waals surface area contributed by atoms with Crippen LogP contribution in [0.2, 0.25) is 0 Å². The van der Waals surface area contributed by atoms with Crippen molar-refractivity contribution in [1.82, 2.24) is 0 Å². The summed E-state index contributed by atoms with van der Waals surface area (Å²) in [6.07, 6.45) is 9.41. The number of fused-ring (bicyclic) bond motifs is 10. The second kappa shape index (κ2) is 36.1. The predicted octanol–water partition coefficient (Wildman–Crippen LogP) is 17.7. The van der Waals surface area contributed by atoms with E-state index in [4.69, 9.17) is 28.8 Å². The van der Waals surface area contributed by atoms with E-state index in [-0.39, 0.29) is 93.8 Å². The van der Waals surface area contributed by atoms with Crippen LogP contribution in [0, 0.1) is 63.1 Å². The van der Waals surface area contributed by atoms with Crippen LogP contribution in [0.15, 0.2) is 130 Å². The molecule has 10 unspecified atom stereocenters. The molecule has 3 saturated heterocycles. The van der Waals surface area contributed by atoms with Gasteiger partial charge in [-0.15, -0.1) is 0 Å². The summed E-state index contributed by atoms with van der Waals surface area (Å²) in [5.41, 5.74) is -2.31. The summed E-state index contributed by atoms with van der Waals surface area (Å²) in [4.78, 5) is 61.9. The van der Waals surface area contributed by atoms with Crippen LogP contribution in [-0.4, -0.2) is 90.3 Å². The van der Waals surface area contributed by atoms with Crippen molar-refractivity contribution in [3.05, 3.63) is 115 Å². The fourth-order valence-electron chi connectivity index (χ4n) is 12.5. The Morgan fingerprint density at radius 1 is 0.579 bits per heavy atom. The zero-order valence-corrected chi connectivity index (χ0v) is 57.3. The van der Waals surface area contributed by atoms with Crippen molar-refractivity contribution >= 4 is 50.9 Å². The van der Waals surface area contributed by atoms with Gasteiger partial charge in [0, 0.05) is 0 Å². The summed E-state index contributed by atoms with van der Waals surface area (Å²) in [5, 5.41) is 4.42. The molecule has 11 rings (SSSR count). The molecule has 4 aliphatic carbocycles. The molecular weight excluding hydrogens is 1250 g/mol. The molecule has 95 heavy (non-hydrogen) atoms. The van der Waals surface area contributed by atoms with E-state index in [1.165, 1.54) is 76.2 Å². The molecule has 19 heteroatoms. The fraction of sp³-hybridized carbons (Fsp3) is 0.618. The lowest BCUT2D eigenvalue weighted by Gasteiger charge is -2.34. The van der Waals surface area contributed by atoms with Crippen LogP contribution in [0.5, 0.6) is 11.5 Å². The number of ether oxygens (including phenoxy) is 6. The summed E-state index contributed by atoms with van der Waals surface area (Å²) in [6.45, 7) is 24.6. The summed E-state index contributed by atoms with van der Waals surface area (Å²) < 4.78 is 87.7. The molecule has 4 aromatic rings. The van der Waals surface area contributed by atoms with Gasteiger partial charge in [-0.1, -0.05) is 112 Å². The molecule has 15 nitrogen and oxygen atoms in total. The lowest BCUT2D eigenvalue weighted by molar-refractivity contribution is -0.170. The number of halogens is 2. The van der Waals surface area contributed by atoms with Gasteiger partial charge in [-0.3, -0.25) is 24.0 Å². The number of carbonyl (C=O) groups excluding carboxylic acids is 5. The second-order valence-electron chi connectivity index (χ2n) is 27.4. The Balaban J connectivity index is 0.000000389. The number of benzene rings is 4. The first-order valence-electron chi connectivity index (χ1n) is 32.4. The Kier molecular flexibility index (Phi) is 32.4. The second-order valence-corrected chi connectivity index (χ2v) is 30.9. The summed E-state index contributed by atoms with van der Waals surface area (Å²) in [7, 11) is -5.87. The smallest absolute Gasteiger partial charge is 0.369 e. The van der Waals surface area contributed by atoms with Gasteiger partial charge >= 0.3 is 35.1 Å². The standard InChI is InChI=1S/C18H15S.C13H18O5.C12H16O3.C12H18.C9H16F2O5S.C8H16O2.4CH4/c1-4-10-16(11-5-1)19(17-12-6-2-7-13-17)18-14-8-3-9-15-18;1-4-13(2,3)12(15)18-9-7-5-6-8(16-7)10(9)17-11(6)14;1-4-12(2,3)11(14)15-10-7-5-9(13)6-8-10;1-2-8-5-7(1)11-9-3-4-10(6-9)12(8)11;1-5-8(3,4)7(12)16-6(2)9(10,11)17(13,14)15;1-5-8(3,4)7(9)10-6-2;;;;/h1-15H;6-10H,4-5H2,1-3H3;5-8,13H,4H2,1-3H3;7-12H,1-6H2;6H,5H2,1-4H3,(H,13,14,15);5-6H2,1-4H3;4*1H4/q+1;;;;;;;;;/p-1. The largest absolute Gasteiger partial charge is 0.743 e. The highest BCUT2D eigenvalue weighted by Crippen LogP contribution is 2.67. The van der Waals surface area contributed by atoms with Crippen molar-refractivity contribution in [1.29, 1.82) is 0 Å². The quantitative estimate of drug-likeness (QED) is 0.0260. The summed E-state index contributed by atoms with van der Waals surface area (Å²) in [6, 6.07) is 38.3. The minimum Gasteiger partial charge on any atom is -0.743 e. The highest BCUT2D eigenvalue weighted by Gasteiger charge is 2.65. The lowest BCUT2D eigenvalue weighted by Crippen LogP contribution is -2.44. The third-order valence-electron chi connectivity index (χ3n) is 19.8. The van der Waals surface area contributed by atoms with Crippen molar-refractivity contribution in [3.8, 4) is 11.5 Å². The summed E-state index contributed by atoms with van der Waals surface area (Å²) >= 11 is 0. The molecule has 3 aliphatic heterocycles. The Morgan fingerprint density at radius 2 is 0.958 bits per heavy atom. The molecule has 0 spiro atoms. The zero-order valence-electron chi connectivity index (χ0n) is 55.6. The van der Waals surface area contributed by atoms with E-state index in [0.717, 1.165) is 12.8 Å². The third-order valence-corrected chi connectivity index (χ3v) is 23.0. The minimum atomic E-state index is -5.86. The molecule has 0 aromatic heterocycles. The van der Waals surface area contributed by atoms with E-state index >= 15 is 0 Å². The maximum absolute atomic E-state index is 13.0. The number of esters is 5. The van der Waals surface area contributed by atoms with E-state index in [9.17, 15) is 45.7 Å². The van der Waals surface area contributed by atoms with Gasteiger partial charge < -0.3 is 38.1 Å². The minimum absolute atomic E-state index is 0. The van der Waals surface area contributed by atoms with E-state index < -0.39 is 55.9 Å². The Morgan fingerprint density at radius 3 is 1.34 bits per heavy atom. The number of aromatic hydroxyl groups is 1. The van der Waals surface area contributed by atoms with Gasteiger partial charge in [0.2, 0.25) is 0 Å². The van der Waals surface area contributed by atoms with Crippen LogP contribution in [-0.2, 0) is 68.7 Å². The first-order chi connectivity index (χ1) is 42.7. The molecule has 534 valence electrons. The molecule has 10 atom stereocenters. The van der Waals surface area contributed by atoms with Crippen LogP contribution < -0.4 is 4.74 Å². The summed E-state index contributed by atoms with van der Waals surface area (Å²) in [5.74, 6) is 5.98. The van der Waals surface area contributed by atoms with Crippen LogP contribution in [0.1, 0.15) is 197 Å². The van der Waals surface area contributed by atoms with Crippen LogP contribution in [0.25, 0.3) is 0 Å². The van der Waals surface area contributed by atoms with Crippen LogP contribution in [0.4, 0.5) is 8.78 Å². The molecule has 0 radical (unpaired) electrons. The van der Waals surface area contributed by atoms with E-state index in [1.54, 1.807) is 57.6 Å². The molecular formula is C76H114F2O15S2. The highest BCUT2D eigenvalue weighted by molar-refractivity contribution is 7.97. The Labute approximate surface area is 571 Å². The fourth-order valence-corrected chi connectivity index (χ4v) is 15.1. The van der Waals surface area contributed by atoms with Crippen molar-refractivity contribution < 1.29 is 79.3 Å². The molecule has 6 bridgehead atoms. The average molecular weight is 1370 g/mol. The monoisotopic (exact) mass is 1370 g/mol. The van der Waals surface area contributed by atoms with Crippen LogP contribution in [0.3, 0.4) is 0 Å². The maximum atomic E-state index is 13.0. The zero-order chi connectivity index (χ0) is 67.4. The third kappa shape index (κ3) is 21.1. The molecule has 1 N–H and O–H groups in total. The maximum Gasteiger partial charge on any atom is 0.369 e. The number of rotatable bonds is 17. The number of alkyl halides is 2. The number of phenolic OH excluding ortho intramolecular Hbond substituents is 1. The number of hydrogen-bond acceptors (Lipinski definition) is 15. The van der Waals surface area contributed by atoms with Gasteiger partial charge in [-0.2, -0.15) is 8.78 Å². The van der Waals surface area contributed by atoms with E-state index in [1.807, 2.05) is 69.2 Å². The van der Waals surface area contributed by atoms with Gasteiger partial charge in [0.05, 0.1) is 51.2 Å². The van der Waals surface area contributed by atoms with Gasteiger partial charge in [0.15, 0.2) is 43.1 Å². The Hall–Kier alpha value is -5.89. The normalized spacial score (nSPS) is 23.9. The average Bonchev–Trinajstić information content (AvgIpc) is 1.58. The first kappa shape index (κ1) is 85.2. The molecule has 4 saturated carbocycles. The molecule has 7 aliphatic rings. The number of hydrogen-bond donors (Lipinski definition) is 1. The van der Waals surface area contributed by atoms with Crippen molar-refractivity contribution in [3.63, 3.8) is 0 Å². The van der Waals surface area contributed by atoms with Gasteiger partial charge in [0.1, 0.15) is 17.6 Å². The topological polar surface area (TPSA) is 218 Å². The molecule has 7 fully saturated rings. The number of phenols is 1. The number of carbonyl (C=O) groups is 5. The Bertz CT molecular complexity index is 3000. The molecule has 4 aromatic carbocycles. The van der Waals surface area contributed by atoms with Crippen molar-refractivity contribution in [2.75, 3.05) is 6.61 Å².